The van der Waals surface area contributed by atoms with E-state index in [2.05, 4.69) is 32.0 Å². The molecule has 0 bridgehead atoms. The van der Waals surface area contributed by atoms with Crippen molar-refractivity contribution in [3.63, 3.8) is 0 Å². The number of fused-ring (bicyclic) bond motifs is 1. The zero-order valence-corrected chi connectivity index (χ0v) is 19.7. The number of nitrogens with zero attached hydrogens (tertiary/aromatic N) is 5. The maximum Gasteiger partial charge on any atom is 0.330 e. The number of hydrogen-bond donors (Lipinski definition) is 1. The smallest absolute Gasteiger partial charge is 0.330 e. The van der Waals surface area contributed by atoms with Gasteiger partial charge in [0.2, 0.25) is 0 Å². The van der Waals surface area contributed by atoms with Crippen molar-refractivity contribution in [1.82, 2.24) is 19.0 Å². The molecule has 0 saturated heterocycles. The van der Waals surface area contributed by atoms with Gasteiger partial charge in [0.25, 0.3) is 0 Å². The highest BCUT2D eigenvalue weighted by Crippen LogP contribution is 2.22. The van der Waals surface area contributed by atoms with Crippen molar-refractivity contribution in [2.45, 2.75) is 53.5 Å². The molecule has 0 fully saturated rings. The van der Waals surface area contributed by atoms with Crippen LogP contribution in [0.3, 0.4) is 0 Å². The van der Waals surface area contributed by atoms with Crippen molar-refractivity contribution in [2.75, 3.05) is 7.05 Å². The lowest BCUT2D eigenvalue weighted by Crippen LogP contribution is -2.50. The number of rotatable bonds is 5. The molecule has 1 aliphatic heterocycles. The van der Waals surface area contributed by atoms with Gasteiger partial charge in [-0.25, -0.2) is 9.79 Å². The summed E-state index contributed by atoms with van der Waals surface area (Å²) in [4.78, 5) is 24.1. The first-order valence-corrected chi connectivity index (χ1v) is 10.6. The second-order valence-corrected chi connectivity index (χ2v) is 8.69. The molecule has 0 saturated carbocycles. The molecule has 156 valence electrons. The predicted octanol–water partition coefficient (Wildman–Crippen LogP) is 1.94. The summed E-state index contributed by atoms with van der Waals surface area (Å²) in [5.74, 6) is 0. The molecule has 7 nitrogen and oxygen atoms in total. The van der Waals surface area contributed by atoms with Crippen LogP contribution in [0.25, 0.3) is 5.16 Å². The van der Waals surface area contributed by atoms with Crippen LogP contribution in [0.4, 0.5) is 0 Å². The first-order chi connectivity index (χ1) is 13.6. The van der Waals surface area contributed by atoms with Gasteiger partial charge >= 0.3 is 5.69 Å². The molecule has 0 aliphatic carbocycles. The Morgan fingerprint density at radius 3 is 2.69 bits per heavy atom. The monoisotopic (exact) mass is 480 g/mol. The highest BCUT2D eigenvalue weighted by molar-refractivity contribution is 9.10. The summed E-state index contributed by atoms with van der Waals surface area (Å²) in [5, 5.41) is 1.03. The summed E-state index contributed by atoms with van der Waals surface area (Å²) >= 11 is 10.2. The molecule has 2 aromatic rings. The van der Waals surface area contributed by atoms with Gasteiger partial charge in [-0.1, -0.05) is 39.2 Å². The Kier molecular flexibility index (Phi) is 6.36. The second-order valence-electron chi connectivity index (χ2n) is 7.53. The van der Waals surface area contributed by atoms with Crippen LogP contribution in [-0.4, -0.2) is 32.4 Å². The average molecular weight is 482 g/mol. The minimum absolute atomic E-state index is 0.167. The molecule has 3 heterocycles. The Hall–Kier alpha value is -1.90. The van der Waals surface area contributed by atoms with E-state index in [9.17, 15) is 4.79 Å². The van der Waals surface area contributed by atoms with Gasteiger partial charge < -0.3 is 4.90 Å². The van der Waals surface area contributed by atoms with Crippen LogP contribution in [-0.2, 0) is 13.1 Å². The molecular weight excluding hydrogens is 456 g/mol. The van der Waals surface area contributed by atoms with E-state index in [-0.39, 0.29) is 5.69 Å². The van der Waals surface area contributed by atoms with Crippen LogP contribution in [0.2, 0.25) is 0 Å². The Balaban J connectivity index is 2.21. The Bertz CT molecular complexity index is 1160. The summed E-state index contributed by atoms with van der Waals surface area (Å²) in [6.07, 6.45) is 3.98. The molecule has 2 aromatic heterocycles. The largest absolute Gasteiger partial charge is 0.330 e. The SMILES string of the molecule is CC(C)=CCCn1c2c(n(Cc3ncc(C)c(Br)c3C)c1=O)=NC(N)N(C)C=2Cl. The zero-order chi connectivity index (χ0) is 21.5. The van der Waals surface area contributed by atoms with Crippen LogP contribution in [0.15, 0.2) is 32.1 Å². The number of aryl methyl sites for hydroxylation is 1. The molecule has 0 amide bonds. The van der Waals surface area contributed by atoms with Crippen molar-refractivity contribution in [2.24, 2.45) is 10.7 Å². The fourth-order valence-electron chi connectivity index (χ4n) is 3.30. The average Bonchev–Trinajstić information content (AvgIpc) is 2.91. The fourth-order valence-corrected chi connectivity index (χ4v) is 3.92. The van der Waals surface area contributed by atoms with Crippen molar-refractivity contribution < 1.29 is 0 Å². The highest BCUT2D eigenvalue weighted by atomic mass is 79.9. The summed E-state index contributed by atoms with van der Waals surface area (Å²) in [7, 11) is 1.77. The van der Waals surface area contributed by atoms with Crippen molar-refractivity contribution in [3.05, 3.63) is 60.5 Å². The van der Waals surface area contributed by atoms with Gasteiger partial charge in [-0.05, 0) is 45.2 Å². The fraction of sp³-hybridized carbons (Fsp3) is 0.450. The topological polar surface area (TPSA) is 81.4 Å². The third-order valence-corrected chi connectivity index (χ3v) is 6.76. The van der Waals surface area contributed by atoms with Gasteiger partial charge in [0, 0.05) is 24.3 Å². The molecule has 1 atom stereocenters. The molecule has 0 aromatic carbocycles. The molecule has 29 heavy (non-hydrogen) atoms. The summed E-state index contributed by atoms with van der Waals surface area (Å²) in [6, 6.07) is 0. The number of halogens is 2. The Morgan fingerprint density at radius 2 is 2.03 bits per heavy atom. The molecule has 9 heteroatoms. The van der Waals surface area contributed by atoms with E-state index in [4.69, 9.17) is 17.3 Å². The third-order valence-electron chi connectivity index (χ3n) is 5.09. The molecule has 0 radical (unpaired) electrons. The first-order valence-electron chi connectivity index (χ1n) is 9.42. The molecule has 3 rings (SSSR count). The van der Waals surface area contributed by atoms with E-state index in [1.807, 2.05) is 27.7 Å². The van der Waals surface area contributed by atoms with Gasteiger partial charge in [0.05, 0.1) is 12.2 Å². The lowest BCUT2D eigenvalue weighted by molar-refractivity contribution is 0.352. The maximum absolute atomic E-state index is 13.3. The molecule has 2 N–H and O–H groups in total. The van der Waals surface area contributed by atoms with Crippen molar-refractivity contribution in [3.8, 4) is 0 Å². The first kappa shape index (κ1) is 21.8. The zero-order valence-electron chi connectivity index (χ0n) is 17.3. The molecular formula is C20H26BrClN6O. The number of hydrogen-bond acceptors (Lipinski definition) is 5. The van der Waals surface area contributed by atoms with E-state index in [0.717, 1.165) is 27.7 Å². The van der Waals surface area contributed by atoms with E-state index < -0.39 is 6.29 Å². The number of allylic oxidation sites excluding steroid dienone is 2. The minimum Gasteiger partial charge on any atom is -0.330 e. The quantitative estimate of drug-likeness (QED) is 0.523. The number of pyridine rings is 1. The van der Waals surface area contributed by atoms with Gasteiger partial charge in [0.1, 0.15) is 10.5 Å². The van der Waals surface area contributed by atoms with Gasteiger partial charge in [-0.3, -0.25) is 19.9 Å². The highest BCUT2D eigenvalue weighted by Gasteiger charge is 2.24. The molecule has 1 unspecified atom stereocenters. The van der Waals surface area contributed by atoms with E-state index >= 15 is 0 Å². The van der Waals surface area contributed by atoms with Gasteiger partial charge in [0.15, 0.2) is 11.8 Å². The normalized spacial score (nSPS) is 15.9. The summed E-state index contributed by atoms with van der Waals surface area (Å²) < 4.78 is 4.29. The van der Waals surface area contributed by atoms with Crippen LogP contribution in [0, 0.1) is 13.8 Å². The Morgan fingerprint density at radius 1 is 1.34 bits per heavy atom. The molecule has 1 aliphatic rings. The Labute approximate surface area is 183 Å². The minimum atomic E-state index is -0.645. The lowest BCUT2D eigenvalue weighted by atomic mass is 10.1. The van der Waals surface area contributed by atoms with Gasteiger partial charge in [-0.15, -0.1) is 0 Å². The summed E-state index contributed by atoms with van der Waals surface area (Å²) in [6.45, 7) is 8.85. The lowest BCUT2D eigenvalue weighted by Gasteiger charge is -2.24. The third kappa shape index (κ3) is 4.06. The molecule has 0 spiro atoms. The van der Waals surface area contributed by atoms with Crippen LogP contribution in [0.1, 0.15) is 37.1 Å². The number of aromatic nitrogens is 3. The van der Waals surface area contributed by atoms with E-state index in [1.54, 1.807) is 27.3 Å². The van der Waals surface area contributed by atoms with Crippen LogP contribution in [0.5, 0.6) is 0 Å². The van der Waals surface area contributed by atoms with Gasteiger partial charge in [-0.2, -0.15) is 0 Å². The number of imidazole rings is 1. The standard InChI is InChI=1S/C20H26BrClN6O/c1-11(2)7-6-8-27-16-17(22)26(5)19(23)25-18(16)28(20(27)29)10-14-13(4)15(21)12(3)9-24-14/h7,9,19H,6,8,10,23H2,1-5H3. The second kappa shape index (κ2) is 8.45. The maximum atomic E-state index is 13.3. The van der Waals surface area contributed by atoms with Crippen LogP contribution >= 0.6 is 27.5 Å². The van der Waals surface area contributed by atoms with E-state index in [1.165, 1.54) is 5.57 Å². The van der Waals surface area contributed by atoms with Crippen molar-refractivity contribution >= 4 is 32.7 Å². The van der Waals surface area contributed by atoms with E-state index in [0.29, 0.717) is 29.1 Å². The van der Waals surface area contributed by atoms with Crippen molar-refractivity contribution in [1.29, 1.82) is 0 Å². The van der Waals surface area contributed by atoms with Crippen LogP contribution < -0.4 is 22.3 Å². The predicted molar refractivity (Wildman–Crippen MR) is 119 cm³/mol. The number of nitrogens with two attached hydrogens (primary N) is 1. The summed E-state index contributed by atoms with van der Waals surface area (Å²) in [5.41, 5.74) is 10.5.